The first-order chi connectivity index (χ1) is 10.7. The standard InChI is InChI=1S/C12H13N3O7S/c1-22-12(17)8-3-2-4-9(15(18)19)11(8)14-6-7(5-10(14)16)23(13,20)21/h2-4,7H,5-6H2,1H3,(H2,13,20,21). The van der Waals surface area contributed by atoms with Gasteiger partial charge in [0.25, 0.3) is 5.69 Å². The van der Waals surface area contributed by atoms with Gasteiger partial charge in [-0.2, -0.15) is 0 Å². The van der Waals surface area contributed by atoms with Crippen LogP contribution in [0.1, 0.15) is 16.8 Å². The lowest BCUT2D eigenvalue weighted by atomic mass is 10.1. The van der Waals surface area contributed by atoms with Crippen molar-refractivity contribution < 1.29 is 27.7 Å². The monoisotopic (exact) mass is 343 g/mol. The molecule has 0 aromatic heterocycles. The second-order valence-electron chi connectivity index (χ2n) is 4.84. The number of ether oxygens (including phenoxy) is 1. The van der Waals surface area contributed by atoms with Crippen molar-refractivity contribution in [3.63, 3.8) is 0 Å². The molecule has 1 heterocycles. The fourth-order valence-electron chi connectivity index (χ4n) is 2.35. The molecule has 1 aliphatic rings. The van der Waals surface area contributed by atoms with Gasteiger partial charge in [0, 0.05) is 19.0 Å². The van der Waals surface area contributed by atoms with E-state index < -0.39 is 44.2 Å². The Morgan fingerprint density at radius 2 is 2.13 bits per heavy atom. The van der Waals surface area contributed by atoms with Crippen LogP contribution in [-0.2, 0) is 19.6 Å². The Bertz CT molecular complexity index is 790. The summed E-state index contributed by atoms with van der Waals surface area (Å²) in [5.74, 6) is -1.56. The number of esters is 1. The smallest absolute Gasteiger partial charge is 0.340 e. The number of nitro groups is 1. The lowest BCUT2D eigenvalue weighted by Crippen LogP contribution is -2.33. The average molecular weight is 343 g/mol. The van der Waals surface area contributed by atoms with Gasteiger partial charge in [-0.3, -0.25) is 14.9 Å². The number of methoxy groups -OCH3 is 1. The number of anilines is 1. The number of carbonyl (C=O) groups is 2. The largest absolute Gasteiger partial charge is 0.465 e. The van der Waals surface area contributed by atoms with Gasteiger partial charge in [0.05, 0.1) is 17.6 Å². The highest BCUT2D eigenvalue weighted by molar-refractivity contribution is 7.89. The number of nitrogens with two attached hydrogens (primary N) is 1. The summed E-state index contributed by atoms with van der Waals surface area (Å²) in [4.78, 5) is 35.2. The summed E-state index contributed by atoms with van der Waals surface area (Å²) < 4.78 is 27.4. The molecule has 0 radical (unpaired) electrons. The Morgan fingerprint density at radius 3 is 2.61 bits per heavy atom. The highest BCUT2D eigenvalue weighted by atomic mass is 32.2. The summed E-state index contributed by atoms with van der Waals surface area (Å²) in [5.41, 5.74) is -0.998. The van der Waals surface area contributed by atoms with E-state index in [1.807, 2.05) is 0 Å². The van der Waals surface area contributed by atoms with Crippen molar-refractivity contribution in [2.75, 3.05) is 18.6 Å². The first-order valence-corrected chi connectivity index (χ1v) is 7.95. The highest BCUT2D eigenvalue weighted by Gasteiger charge is 2.41. The van der Waals surface area contributed by atoms with E-state index in [2.05, 4.69) is 4.74 Å². The van der Waals surface area contributed by atoms with E-state index in [4.69, 9.17) is 5.14 Å². The summed E-state index contributed by atoms with van der Waals surface area (Å²) in [6.07, 6.45) is -0.411. The second kappa shape index (κ2) is 5.93. The predicted molar refractivity (Wildman–Crippen MR) is 78.3 cm³/mol. The Morgan fingerprint density at radius 1 is 1.48 bits per heavy atom. The number of hydrogen-bond donors (Lipinski definition) is 1. The van der Waals surface area contributed by atoms with E-state index >= 15 is 0 Å². The third-order valence-corrected chi connectivity index (χ3v) is 4.69. The molecule has 1 fully saturated rings. The zero-order valence-electron chi connectivity index (χ0n) is 12.0. The van der Waals surface area contributed by atoms with Crippen LogP contribution in [0.15, 0.2) is 18.2 Å². The zero-order chi connectivity index (χ0) is 17.4. The number of hydrogen-bond acceptors (Lipinski definition) is 7. The van der Waals surface area contributed by atoms with Gasteiger partial charge < -0.3 is 9.64 Å². The average Bonchev–Trinajstić information content (AvgIpc) is 2.87. The maximum absolute atomic E-state index is 12.1. The summed E-state index contributed by atoms with van der Waals surface area (Å²) in [6.45, 7) is -0.369. The number of sulfonamides is 1. The van der Waals surface area contributed by atoms with Crippen LogP contribution in [0.4, 0.5) is 11.4 Å². The van der Waals surface area contributed by atoms with E-state index in [1.165, 1.54) is 12.1 Å². The SMILES string of the molecule is COC(=O)c1cccc([N+](=O)[O-])c1N1CC(S(N)(=O)=O)CC1=O. The number of benzene rings is 1. The molecule has 0 aliphatic carbocycles. The molecule has 1 atom stereocenters. The van der Waals surface area contributed by atoms with Crippen molar-refractivity contribution in [1.29, 1.82) is 0 Å². The maximum atomic E-state index is 12.1. The minimum Gasteiger partial charge on any atom is -0.465 e. The van der Waals surface area contributed by atoms with Crippen LogP contribution >= 0.6 is 0 Å². The fraction of sp³-hybridized carbons (Fsp3) is 0.333. The molecule has 0 bridgehead atoms. The van der Waals surface area contributed by atoms with Crippen molar-refractivity contribution in [1.82, 2.24) is 0 Å². The van der Waals surface area contributed by atoms with Gasteiger partial charge in [0.1, 0.15) is 10.9 Å². The summed E-state index contributed by atoms with van der Waals surface area (Å²) >= 11 is 0. The second-order valence-corrected chi connectivity index (χ2v) is 6.69. The summed E-state index contributed by atoms with van der Waals surface area (Å²) in [5, 5.41) is 15.0. The van der Waals surface area contributed by atoms with Gasteiger partial charge in [0.2, 0.25) is 15.9 Å². The number of nitro benzene ring substituents is 1. The molecule has 1 amide bonds. The van der Waals surface area contributed by atoms with Gasteiger partial charge in [-0.05, 0) is 6.07 Å². The van der Waals surface area contributed by atoms with Crippen LogP contribution in [0.3, 0.4) is 0 Å². The van der Waals surface area contributed by atoms with Crippen LogP contribution < -0.4 is 10.0 Å². The van der Waals surface area contributed by atoms with Crippen LogP contribution in [0.5, 0.6) is 0 Å². The van der Waals surface area contributed by atoms with Crippen molar-refractivity contribution in [3.8, 4) is 0 Å². The molecular formula is C12H13N3O7S. The minimum absolute atomic E-state index is 0.204. The first-order valence-electron chi connectivity index (χ1n) is 6.34. The van der Waals surface area contributed by atoms with Crippen molar-refractivity contribution >= 4 is 33.3 Å². The van der Waals surface area contributed by atoms with Gasteiger partial charge in [0.15, 0.2) is 0 Å². The molecule has 1 aliphatic heterocycles. The highest BCUT2D eigenvalue weighted by Crippen LogP contribution is 2.36. The van der Waals surface area contributed by atoms with E-state index in [0.717, 1.165) is 18.1 Å². The normalized spacial score (nSPS) is 18.1. The Kier molecular flexibility index (Phi) is 4.34. The topological polar surface area (TPSA) is 150 Å². The van der Waals surface area contributed by atoms with Gasteiger partial charge in [-0.15, -0.1) is 0 Å². The Hall–Kier alpha value is -2.53. The summed E-state index contributed by atoms with van der Waals surface area (Å²) in [7, 11) is -2.91. The van der Waals surface area contributed by atoms with Gasteiger partial charge in [-0.25, -0.2) is 18.4 Å². The third-order valence-electron chi connectivity index (χ3n) is 3.44. The molecule has 2 rings (SSSR count). The predicted octanol–water partition coefficient (Wildman–Crippen LogP) is -0.225. The molecule has 1 unspecified atom stereocenters. The van der Waals surface area contributed by atoms with Crippen LogP contribution in [-0.4, -0.2) is 44.1 Å². The molecule has 0 spiro atoms. The number of amides is 1. The van der Waals surface area contributed by atoms with Crippen molar-refractivity contribution in [3.05, 3.63) is 33.9 Å². The third kappa shape index (κ3) is 3.14. The van der Waals surface area contributed by atoms with Gasteiger partial charge >= 0.3 is 5.97 Å². The van der Waals surface area contributed by atoms with Crippen molar-refractivity contribution in [2.45, 2.75) is 11.7 Å². The fourth-order valence-corrected chi connectivity index (χ4v) is 3.08. The number of rotatable bonds is 4. The molecule has 10 nitrogen and oxygen atoms in total. The minimum atomic E-state index is -4.00. The number of primary sulfonamides is 1. The molecule has 2 N–H and O–H groups in total. The lowest BCUT2D eigenvalue weighted by Gasteiger charge is -2.19. The van der Waals surface area contributed by atoms with E-state index in [0.29, 0.717) is 0 Å². The molecule has 124 valence electrons. The zero-order valence-corrected chi connectivity index (χ0v) is 12.8. The summed E-state index contributed by atoms with van der Waals surface area (Å²) in [6, 6.07) is 3.64. The van der Waals surface area contributed by atoms with Crippen LogP contribution in [0, 0.1) is 10.1 Å². The van der Waals surface area contributed by atoms with Crippen LogP contribution in [0.2, 0.25) is 0 Å². The lowest BCUT2D eigenvalue weighted by molar-refractivity contribution is -0.384. The number of nitrogens with zero attached hydrogens (tertiary/aromatic N) is 2. The van der Waals surface area contributed by atoms with Gasteiger partial charge in [-0.1, -0.05) is 6.07 Å². The molecular weight excluding hydrogens is 330 g/mol. The van der Waals surface area contributed by atoms with Crippen LogP contribution in [0.25, 0.3) is 0 Å². The maximum Gasteiger partial charge on any atom is 0.340 e. The molecule has 1 saturated heterocycles. The van der Waals surface area contributed by atoms with E-state index in [-0.39, 0.29) is 17.8 Å². The molecule has 1 aromatic carbocycles. The first kappa shape index (κ1) is 16.8. The Balaban J connectivity index is 2.60. The molecule has 23 heavy (non-hydrogen) atoms. The van der Waals surface area contributed by atoms with E-state index in [9.17, 15) is 28.1 Å². The molecule has 11 heteroatoms. The number of carbonyl (C=O) groups excluding carboxylic acids is 2. The Labute approximate surface area is 131 Å². The number of para-hydroxylation sites is 1. The molecule has 0 saturated carbocycles. The van der Waals surface area contributed by atoms with Crippen molar-refractivity contribution in [2.24, 2.45) is 5.14 Å². The quantitative estimate of drug-likeness (QED) is 0.451. The van der Waals surface area contributed by atoms with E-state index in [1.54, 1.807) is 0 Å². The molecule has 1 aromatic rings.